The van der Waals surface area contributed by atoms with Crippen LogP contribution >= 0.6 is 0 Å². The average Bonchev–Trinajstić information content (AvgIpc) is 2.95. The Labute approximate surface area is 127 Å². The minimum absolute atomic E-state index is 0.414. The summed E-state index contributed by atoms with van der Waals surface area (Å²) < 4.78 is 2.30. The fourth-order valence-electron chi connectivity index (χ4n) is 4.07. The largest absolute Gasteiger partial charge is 0.312 e. The van der Waals surface area contributed by atoms with Gasteiger partial charge in [0.25, 0.3) is 0 Å². The van der Waals surface area contributed by atoms with E-state index in [2.05, 4.69) is 47.2 Å². The number of aromatic nitrogens is 4. The van der Waals surface area contributed by atoms with Gasteiger partial charge in [0.15, 0.2) is 5.65 Å². The summed E-state index contributed by atoms with van der Waals surface area (Å²) in [5.74, 6) is 2.19. The Hall–Kier alpha value is -1.45. The van der Waals surface area contributed by atoms with Crippen molar-refractivity contribution in [2.24, 2.45) is 17.3 Å². The molecule has 0 aliphatic heterocycles. The zero-order valence-corrected chi connectivity index (χ0v) is 14.0. The van der Waals surface area contributed by atoms with Crippen molar-refractivity contribution in [3.8, 4) is 0 Å². The van der Waals surface area contributed by atoms with E-state index in [0.717, 1.165) is 22.7 Å². The van der Waals surface area contributed by atoms with Crippen molar-refractivity contribution in [3.05, 3.63) is 17.8 Å². The van der Waals surface area contributed by atoms with Gasteiger partial charge in [0.05, 0.1) is 12.0 Å². The third kappa shape index (κ3) is 2.07. The molecule has 1 aliphatic rings. The van der Waals surface area contributed by atoms with Crippen LogP contribution in [0.4, 0.5) is 0 Å². The molecule has 114 valence electrons. The van der Waals surface area contributed by atoms with Crippen LogP contribution in [-0.2, 0) is 0 Å². The Bertz CT molecular complexity index is 675. The standard InChI is InChI=1S/C17H26N4/c1-7-17(6)8-14(10(2)11(17)3)21-9-18-15-12(4)19-13(5)20-16(15)21/h9-11,14H,7-8H2,1-6H3/t10?,11?,14-,17+/m1/s1. The molecule has 0 aromatic carbocycles. The molecule has 4 atom stereocenters. The molecule has 1 aliphatic carbocycles. The van der Waals surface area contributed by atoms with Crippen LogP contribution < -0.4 is 0 Å². The van der Waals surface area contributed by atoms with Crippen LogP contribution in [0, 0.1) is 31.1 Å². The predicted octanol–water partition coefficient (Wildman–Crippen LogP) is 4.08. The van der Waals surface area contributed by atoms with Crippen molar-refractivity contribution in [3.63, 3.8) is 0 Å². The number of nitrogens with zero attached hydrogens (tertiary/aromatic N) is 4. The van der Waals surface area contributed by atoms with Crippen LogP contribution in [0.5, 0.6) is 0 Å². The lowest BCUT2D eigenvalue weighted by molar-refractivity contribution is 0.210. The molecule has 0 saturated heterocycles. The van der Waals surface area contributed by atoms with Gasteiger partial charge in [-0.05, 0) is 37.5 Å². The highest BCUT2D eigenvalue weighted by Gasteiger charge is 2.46. The Balaban J connectivity index is 2.10. The molecule has 3 rings (SSSR count). The van der Waals surface area contributed by atoms with Gasteiger partial charge in [-0.2, -0.15) is 0 Å². The molecular formula is C17H26N4. The molecule has 0 radical (unpaired) electrons. The summed E-state index contributed by atoms with van der Waals surface area (Å²) in [5, 5.41) is 0. The van der Waals surface area contributed by atoms with Gasteiger partial charge in [-0.1, -0.05) is 34.1 Å². The number of aryl methyl sites for hydroxylation is 2. The number of imidazole rings is 1. The Kier molecular flexibility index (Phi) is 3.30. The Morgan fingerprint density at radius 3 is 2.62 bits per heavy atom. The molecule has 2 aromatic rings. The van der Waals surface area contributed by atoms with Gasteiger partial charge in [-0.25, -0.2) is 15.0 Å². The summed E-state index contributed by atoms with van der Waals surface area (Å²) >= 11 is 0. The zero-order valence-electron chi connectivity index (χ0n) is 14.0. The molecule has 4 heteroatoms. The maximum atomic E-state index is 4.66. The molecule has 21 heavy (non-hydrogen) atoms. The van der Waals surface area contributed by atoms with Crippen LogP contribution in [0.25, 0.3) is 11.2 Å². The molecule has 1 fully saturated rings. The molecule has 0 spiro atoms. The normalized spacial score (nSPS) is 33.0. The van der Waals surface area contributed by atoms with E-state index in [1.165, 1.54) is 12.8 Å². The van der Waals surface area contributed by atoms with Crippen molar-refractivity contribution >= 4 is 11.2 Å². The first-order chi connectivity index (χ1) is 9.87. The molecule has 0 amide bonds. The van der Waals surface area contributed by atoms with Gasteiger partial charge >= 0.3 is 0 Å². The number of rotatable bonds is 2. The van der Waals surface area contributed by atoms with Crippen LogP contribution in [0.15, 0.2) is 6.33 Å². The van der Waals surface area contributed by atoms with E-state index in [1.54, 1.807) is 0 Å². The summed E-state index contributed by atoms with van der Waals surface area (Å²) in [4.78, 5) is 13.7. The summed E-state index contributed by atoms with van der Waals surface area (Å²) in [6.07, 6.45) is 4.41. The minimum Gasteiger partial charge on any atom is -0.312 e. The maximum Gasteiger partial charge on any atom is 0.164 e. The molecule has 2 aromatic heterocycles. The molecular weight excluding hydrogens is 260 g/mol. The van der Waals surface area contributed by atoms with E-state index in [-0.39, 0.29) is 0 Å². The first-order valence-electron chi connectivity index (χ1n) is 8.05. The summed E-state index contributed by atoms with van der Waals surface area (Å²) in [6, 6.07) is 0.489. The van der Waals surface area contributed by atoms with Crippen LogP contribution in [-0.4, -0.2) is 19.5 Å². The number of fused-ring (bicyclic) bond motifs is 1. The Morgan fingerprint density at radius 1 is 1.29 bits per heavy atom. The molecule has 0 bridgehead atoms. The molecule has 4 nitrogen and oxygen atoms in total. The molecule has 1 saturated carbocycles. The van der Waals surface area contributed by atoms with Crippen LogP contribution in [0.2, 0.25) is 0 Å². The smallest absolute Gasteiger partial charge is 0.164 e. The van der Waals surface area contributed by atoms with Crippen LogP contribution in [0.1, 0.15) is 58.1 Å². The van der Waals surface area contributed by atoms with Crippen molar-refractivity contribution in [2.75, 3.05) is 0 Å². The Morgan fingerprint density at radius 2 is 2.00 bits per heavy atom. The van der Waals surface area contributed by atoms with Gasteiger partial charge in [0.2, 0.25) is 0 Å². The third-order valence-electron chi connectivity index (χ3n) is 6.04. The van der Waals surface area contributed by atoms with Crippen molar-refractivity contribution in [1.29, 1.82) is 0 Å². The van der Waals surface area contributed by atoms with Gasteiger partial charge in [-0.15, -0.1) is 0 Å². The first kappa shape index (κ1) is 14.5. The highest BCUT2D eigenvalue weighted by molar-refractivity contribution is 5.73. The second kappa shape index (κ2) is 4.79. The summed E-state index contributed by atoms with van der Waals surface area (Å²) in [5.41, 5.74) is 3.35. The fourth-order valence-corrected chi connectivity index (χ4v) is 4.07. The lowest BCUT2D eigenvalue weighted by Gasteiger charge is -2.28. The zero-order chi connectivity index (χ0) is 15.4. The average molecular weight is 286 g/mol. The number of hydrogen-bond acceptors (Lipinski definition) is 3. The first-order valence-corrected chi connectivity index (χ1v) is 8.05. The maximum absolute atomic E-state index is 4.66. The third-order valence-corrected chi connectivity index (χ3v) is 6.04. The van der Waals surface area contributed by atoms with Gasteiger partial charge in [-0.3, -0.25) is 0 Å². The molecule has 2 unspecified atom stereocenters. The summed E-state index contributed by atoms with van der Waals surface area (Å²) in [6.45, 7) is 13.5. The topological polar surface area (TPSA) is 43.6 Å². The highest BCUT2D eigenvalue weighted by Crippen LogP contribution is 2.54. The predicted molar refractivity (Wildman–Crippen MR) is 85.2 cm³/mol. The van der Waals surface area contributed by atoms with E-state index in [1.807, 2.05) is 20.2 Å². The van der Waals surface area contributed by atoms with E-state index >= 15 is 0 Å². The number of hydrogen-bond donors (Lipinski definition) is 0. The minimum atomic E-state index is 0.414. The van der Waals surface area contributed by atoms with Gasteiger partial charge < -0.3 is 4.57 Å². The van der Waals surface area contributed by atoms with E-state index in [9.17, 15) is 0 Å². The van der Waals surface area contributed by atoms with Gasteiger partial charge in [0.1, 0.15) is 11.3 Å². The van der Waals surface area contributed by atoms with Crippen LogP contribution in [0.3, 0.4) is 0 Å². The second-order valence-electron chi connectivity index (χ2n) is 7.11. The van der Waals surface area contributed by atoms with Crippen molar-refractivity contribution < 1.29 is 0 Å². The van der Waals surface area contributed by atoms with Crippen molar-refractivity contribution in [2.45, 2.75) is 60.4 Å². The SMILES string of the molecule is CC[C@@]1(C)C[C@@H](n2cnc3c(C)nc(C)nc32)C(C)C1C. The highest BCUT2D eigenvalue weighted by atomic mass is 15.2. The van der Waals surface area contributed by atoms with E-state index < -0.39 is 0 Å². The van der Waals surface area contributed by atoms with E-state index in [4.69, 9.17) is 0 Å². The lowest BCUT2D eigenvalue weighted by Crippen LogP contribution is -2.20. The fraction of sp³-hybridized carbons (Fsp3) is 0.706. The monoisotopic (exact) mass is 286 g/mol. The molecule has 2 heterocycles. The quantitative estimate of drug-likeness (QED) is 0.835. The molecule has 0 N–H and O–H groups in total. The van der Waals surface area contributed by atoms with Gasteiger partial charge in [0, 0.05) is 6.04 Å². The lowest BCUT2D eigenvalue weighted by atomic mass is 9.77. The van der Waals surface area contributed by atoms with Crippen molar-refractivity contribution in [1.82, 2.24) is 19.5 Å². The van der Waals surface area contributed by atoms with E-state index in [0.29, 0.717) is 23.3 Å². The second-order valence-corrected chi connectivity index (χ2v) is 7.11. The summed E-state index contributed by atoms with van der Waals surface area (Å²) in [7, 11) is 0.